The van der Waals surface area contributed by atoms with E-state index in [1.807, 2.05) is 49.4 Å². The minimum atomic E-state index is 1.11. The maximum atomic E-state index is 3.70. The first-order valence-electron chi connectivity index (χ1n) is 3.85. The summed E-state index contributed by atoms with van der Waals surface area (Å²) in [5.41, 5.74) is 1.11. The van der Waals surface area contributed by atoms with Crippen LogP contribution in [0.25, 0.3) is 0 Å². The fraction of sp³-hybridized carbons (Fsp3) is 0.100. The number of H-pyrrole nitrogens is 1. The van der Waals surface area contributed by atoms with Crippen LogP contribution in [0.1, 0.15) is 5.69 Å². The summed E-state index contributed by atoms with van der Waals surface area (Å²) in [6.45, 7) is 1.97. The van der Waals surface area contributed by atoms with Crippen molar-refractivity contribution in [2.24, 2.45) is 0 Å². The highest BCUT2D eigenvalue weighted by Gasteiger charge is 1.73. The number of aryl methyl sites for hydroxylation is 1. The number of rotatable bonds is 0. The van der Waals surface area contributed by atoms with Gasteiger partial charge in [0, 0.05) is 11.9 Å². The van der Waals surface area contributed by atoms with Crippen molar-refractivity contribution in [3.05, 3.63) is 54.4 Å². The summed E-state index contributed by atoms with van der Waals surface area (Å²) in [7, 11) is 0. The van der Waals surface area contributed by atoms with Gasteiger partial charge in [-0.3, -0.25) is 5.10 Å². The Morgan fingerprint density at radius 2 is 1.50 bits per heavy atom. The lowest BCUT2D eigenvalue weighted by Gasteiger charge is -1.69. The van der Waals surface area contributed by atoms with Crippen molar-refractivity contribution in [1.82, 2.24) is 10.2 Å². The quantitative estimate of drug-likeness (QED) is 0.630. The van der Waals surface area contributed by atoms with Crippen molar-refractivity contribution in [2.45, 2.75) is 6.92 Å². The van der Waals surface area contributed by atoms with Crippen LogP contribution in [0.15, 0.2) is 48.7 Å². The van der Waals surface area contributed by atoms with Crippen molar-refractivity contribution in [3.8, 4) is 0 Å². The molecule has 1 aromatic heterocycles. The molecule has 12 heavy (non-hydrogen) atoms. The normalized spacial score (nSPS) is 8.42. The first-order chi connectivity index (χ1) is 5.89. The first-order valence-corrected chi connectivity index (χ1v) is 3.85. The molecule has 2 aromatic rings. The number of nitrogens with one attached hydrogen (secondary N) is 1. The third kappa shape index (κ3) is 3.56. The van der Waals surface area contributed by atoms with E-state index in [4.69, 9.17) is 0 Å². The van der Waals surface area contributed by atoms with Gasteiger partial charge in [-0.15, -0.1) is 0 Å². The summed E-state index contributed by atoms with van der Waals surface area (Å²) in [6.07, 6.45) is 1.73. The van der Waals surface area contributed by atoms with Crippen LogP contribution in [0.4, 0.5) is 0 Å². The Kier molecular flexibility index (Phi) is 3.64. The Labute approximate surface area is 72.3 Å². The number of aromatic nitrogens is 2. The maximum absolute atomic E-state index is 3.70. The molecular formula is C10H12N2. The van der Waals surface area contributed by atoms with Gasteiger partial charge in [-0.1, -0.05) is 36.4 Å². The summed E-state index contributed by atoms with van der Waals surface area (Å²) in [4.78, 5) is 0. The molecule has 62 valence electrons. The van der Waals surface area contributed by atoms with Crippen molar-refractivity contribution < 1.29 is 0 Å². The van der Waals surface area contributed by atoms with E-state index in [-0.39, 0.29) is 0 Å². The van der Waals surface area contributed by atoms with Crippen LogP contribution >= 0.6 is 0 Å². The van der Waals surface area contributed by atoms with Crippen molar-refractivity contribution >= 4 is 0 Å². The Morgan fingerprint density at radius 3 is 1.67 bits per heavy atom. The highest BCUT2D eigenvalue weighted by atomic mass is 15.1. The summed E-state index contributed by atoms with van der Waals surface area (Å²) in [5, 5.41) is 6.45. The number of hydrogen-bond donors (Lipinski definition) is 1. The second-order valence-electron chi connectivity index (χ2n) is 2.39. The van der Waals surface area contributed by atoms with E-state index in [1.165, 1.54) is 0 Å². The number of aromatic amines is 1. The van der Waals surface area contributed by atoms with E-state index in [2.05, 4.69) is 10.2 Å². The number of benzene rings is 1. The molecule has 2 nitrogen and oxygen atoms in total. The smallest absolute Gasteiger partial charge is 0.0489 e. The van der Waals surface area contributed by atoms with Gasteiger partial charge in [0.15, 0.2) is 0 Å². The van der Waals surface area contributed by atoms with E-state index < -0.39 is 0 Å². The molecule has 1 heterocycles. The fourth-order valence-electron chi connectivity index (χ4n) is 0.710. The van der Waals surface area contributed by atoms with Gasteiger partial charge in [0.25, 0.3) is 0 Å². The van der Waals surface area contributed by atoms with Gasteiger partial charge >= 0.3 is 0 Å². The third-order valence-electron chi connectivity index (χ3n) is 1.31. The van der Waals surface area contributed by atoms with E-state index in [1.54, 1.807) is 6.20 Å². The molecule has 0 saturated heterocycles. The highest BCUT2D eigenvalue weighted by Crippen LogP contribution is 1.82. The van der Waals surface area contributed by atoms with Gasteiger partial charge in [-0.25, -0.2) is 0 Å². The van der Waals surface area contributed by atoms with Crippen LogP contribution in [0.3, 0.4) is 0 Å². The molecule has 0 amide bonds. The largest absolute Gasteiger partial charge is 0.283 e. The lowest BCUT2D eigenvalue weighted by atomic mass is 10.4. The Bertz CT molecular complexity index is 247. The maximum Gasteiger partial charge on any atom is 0.0489 e. The number of nitrogens with zero attached hydrogens (tertiary/aromatic N) is 1. The highest BCUT2D eigenvalue weighted by molar-refractivity contribution is 4.99. The molecule has 0 aliphatic rings. The lowest BCUT2D eigenvalue weighted by molar-refractivity contribution is 1.05. The van der Waals surface area contributed by atoms with Gasteiger partial charge < -0.3 is 0 Å². The zero-order valence-corrected chi connectivity index (χ0v) is 7.07. The predicted octanol–water partition coefficient (Wildman–Crippen LogP) is 2.40. The van der Waals surface area contributed by atoms with Gasteiger partial charge in [-0.2, -0.15) is 5.10 Å². The minimum absolute atomic E-state index is 1.11. The minimum Gasteiger partial charge on any atom is -0.283 e. The summed E-state index contributed by atoms with van der Waals surface area (Å²) in [5.74, 6) is 0. The average molecular weight is 160 g/mol. The van der Waals surface area contributed by atoms with Crippen LogP contribution in [-0.4, -0.2) is 10.2 Å². The molecule has 0 aliphatic carbocycles. The van der Waals surface area contributed by atoms with Crippen molar-refractivity contribution in [1.29, 1.82) is 0 Å². The standard InChI is InChI=1S/C6H6.C4H6N2/c1-2-4-6-5-3-1;1-4-2-3-5-6-4/h1-6H;2-3H,1H3,(H,5,6). The summed E-state index contributed by atoms with van der Waals surface area (Å²) >= 11 is 0. The van der Waals surface area contributed by atoms with Crippen LogP contribution in [0.5, 0.6) is 0 Å². The molecule has 0 bridgehead atoms. The molecule has 0 fully saturated rings. The Balaban J connectivity index is 0.000000120. The second kappa shape index (κ2) is 5.13. The van der Waals surface area contributed by atoms with Crippen molar-refractivity contribution in [2.75, 3.05) is 0 Å². The molecule has 0 aliphatic heterocycles. The van der Waals surface area contributed by atoms with E-state index >= 15 is 0 Å². The van der Waals surface area contributed by atoms with Crippen LogP contribution in [0, 0.1) is 6.92 Å². The Hall–Kier alpha value is -1.57. The summed E-state index contributed by atoms with van der Waals surface area (Å²) in [6, 6.07) is 13.9. The zero-order chi connectivity index (χ0) is 8.65. The predicted molar refractivity (Wildman–Crippen MR) is 49.8 cm³/mol. The Morgan fingerprint density at radius 1 is 1.00 bits per heavy atom. The van der Waals surface area contributed by atoms with Crippen molar-refractivity contribution in [3.63, 3.8) is 0 Å². The monoisotopic (exact) mass is 160 g/mol. The van der Waals surface area contributed by atoms with Gasteiger partial charge in [0.05, 0.1) is 0 Å². The third-order valence-corrected chi connectivity index (χ3v) is 1.31. The van der Waals surface area contributed by atoms with Gasteiger partial charge in [-0.05, 0) is 13.0 Å². The van der Waals surface area contributed by atoms with E-state index in [9.17, 15) is 0 Å². The molecular weight excluding hydrogens is 148 g/mol. The topological polar surface area (TPSA) is 28.7 Å². The molecule has 2 rings (SSSR count). The van der Waals surface area contributed by atoms with Crippen LogP contribution < -0.4 is 0 Å². The molecule has 0 unspecified atom stereocenters. The molecule has 0 spiro atoms. The molecule has 2 heteroatoms. The lowest BCUT2D eigenvalue weighted by Crippen LogP contribution is -1.65. The first kappa shape index (κ1) is 8.53. The molecule has 0 atom stereocenters. The van der Waals surface area contributed by atoms with Gasteiger partial charge in [0.2, 0.25) is 0 Å². The fourth-order valence-corrected chi connectivity index (χ4v) is 0.710. The SMILES string of the molecule is Cc1ccn[nH]1.c1ccccc1. The van der Waals surface area contributed by atoms with Gasteiger partial charge in [0.1, 0.15) is 0 Å². The zero-order valence-electron chi connectivity index (χ0n) is 7.07. The number of hydrogen-bond acceptors (Lipinski definition) is 1. The average Bonchev–Trinajstić information content (AvgIpc) is 2.60. The van der Waals surface area contributed by atoms with Crippen LogP contribution in [0.2, 0.25) is 0 Å². The molecule has 1 aromatic carbocycles. The second-order valence-corrected chi connectivity index (χ2v) is 2.39. The van der Waals surface area contributed by atoms with E-state index in [0.29, 0.717) is 0 Å². The summed E-state index contributed by atoms with van der Waals surface area (Å²) < 4.78 is 0. The molecule has 1 N–H and O–H groups in total. The molecule has 0 saturated carbocycles. The van der Waals surface area contributed by atoms with Crippen LogP contribution in [-0.2, 0) is 0 Å². The molecule has 0 radical (unpaired) electrons. The van der Waals surface area contributed by atoms with E-state index in [0.717, 1.165) is 5.69 Å².